The number of methoxy groups -OCH3 is 3. The van der Waals surface area contributed by atoms with Gasteiger partial charge >= 0.3 is 0 Å². The maximum absolute atomic E-state index is 6.57. The van der Waals surface area contributed by atoms with E-state index in [1.165, 1.54) is 0 Å². The lowest BCUT2D eigenvalue weighted by Crippen LogP contribution is -2.44. The van der Waals surface area contributed by atoms with E-state index in [1.807, 2.05) is 42.5 Å². The van der Waals surface area contributed by atoms with Crippen LogP contribution in [0.4, 0.5) is 0 Å². The van der Waals surface area contributed by atoms with Crippen molar-refractivity contribution in [2.24, 2.45) is 5.73 Å². The molecule has 2 atom stereocenters. The van der Waals surface area contributed by atoms with Gasteiger partial charge in [0.1, 0.15) is 11.9 Å². The average molecular weight is 285 g/mol. The zero-order valence-electron chi connectivity index (χ0n) is 12.4. The Labute approximate surface area is 124 Å². The fourth-order valence-corrected chi connectivity index (χ4v) is 3.07. The summed E-state index contributed by atoms with van der Waals surface area (Å²) in [6, 6.07) is 13.7. The fraction of sp³-hybridized carbons (Fsp3) is 0.294. The van der Waals surface area contributed by atoms with Crippen LogP contribution in [0, 0.1) is 0 Å². The molecule has 4 heteroatoms. The van der Waals surface area contributed by atoms with E-state index in [4.69, 9.17) is 19.9 Å². The van der Waals surface area contributed by atoms with E-state index in [-0.39, 0.29) is 6.10 Å². The van der Waals surface area contributed by atoms with Crippen molar-refractivity contribution in [3.8, 4) is 5.75 Å². The first-order valence-electron chi connectivity index (χ1n) is 6.80. The minimum absolute atomic E-state index is 0.182. The molecule has 0 amide bonds. The highest BCUT2D eigenvalue weighted by Gasteiger charge is 2.41. The molecule has 110 valence electrons. The van der Waals surface area contributed by atoms with Crippen molar-refractivity contribution in [3.05, 3.63) is 64.7 Å². The van der Waals surface area contributed by atoms with Crippen molar-refractivity contribution in [2.75, 3.05) is 21.3 Å². The zero-order chi connectivity index (χ0) is 15.0. The Bertz CT molecular complexity index is 671. The van der Waals surface area contributed by atoms with E-state index >= 15 is 0 Å². The van der Waals surface area contributed by atoms with E-state index in [0.717, 1.165) is 28.0 Å². The third-order valence-electron chi connectivity index (χ3n) is 4.14. The van der Waals surface area contributed by atoms with E-state index in [2.05, 4.69) is 0 Å². The number of hydrogen-bond donors (Lipinski definition) is 1. The summed E-state index contributed by atoms with van der Waals surface area (Å²) in [4.78, 5) is 0. The van der Waals surface area contributed by atoms with Crippen LogP contribution in [-0.2, 0) is 15.2 Å². The monoisotopic (exact) mass is 285 g/mol. The normalized spacial score (nSPS) is 23.3. The number of hydrogen-bond acceptors (Lipinski definition) is 4. The summed E-state index contributed by atoms with van der Waals surface area (Å²) >= 11 is 0. The summed E-state index contributed by atoms with van der Waals surface area (Å²) < 4.78 is 16.7. The van der Waals surface area contributed by atoms with Gasteiger partial charge in [-0.25, -0.2) is 0 Å². The number of fused-ring (bicyclic) bond motifs is 2. The molecule has 0 fully saturated rings. The highest BCUT2D eigenvalue weighted by Crippen LogP contribution is 2.45. The van der Waals surface area contributed by atoms with Crippen LogP contribution in [0.2, 0.25) is 0 Å². The maximum Gasteiger partial charge on any atom is 0.169 e. The van der Waals surface area contributed by atoms with Gasteiger partial charge in [-0.1, -0.05) is 30.3 Å². The Kier molecular flexibility index (Phi) is 3.45. The number of benzene rings is 2. The molecule has 0 saturated heterocycles. The van der Waals surface area contributed by atoms with Crippen LogP contribution in [-0.4, -0.2) is 21.3 Å². The summed E-state index contributed by atoms with van der Waals surface area (Å²) in [5.74, 6) is 0.772. The van der Waals surface area contributed by atoms with Gasteiger partial charge in [0.2, 0.25) is 0 Å². The third-order valence-corrected chi connectivity index (χ3v) is 4.14. The van der Waals surface area contributed by atoms with Crippen molar-refractivity contribution < 1.29 is 14.2 Å². The first kappa shape index (κ1) is 14.1. The minimum atomic E-state index is -0.979. The van der Waals surface area contributed by atoms with Gasteiger partial charge in [0.25, 0.3) is 0 Å². The summed E-state index contributed by atoms with van der Waals surface area (Å²) in [5.41, 5.74) is 9.41. The van der Waals surface area contributed by atoms with Gasteiger partial charge in [-0.15, -0.1) is 0 Å². The number of rotatable bonds is 3. The molecule has 0 radical (unpaired) electrons. The second-order valence-electron chi connectivity index (χ2n) is 5.10. The lowest BCUT2D eigenvalue weighted by molar-refractivity contribution is 0.0144. The molecule has 0 aromatic heterocycles. The predicted molar refractivity (Wildman–Crippen MR) is 80.3 cm³/mol. The molecule has 21 heavy (non-hydrogen) atoms. The molecule has 1 aliphatic rings. The van der Waals surface area contributed by atoms with Crippen molar-refractivity contribution in [3.63, 3.8) is 0 Å². The van der Waals surface area contributed by atoms with Gasteiger partial charge in [0.15, 0.2) is 5.72 Å². The van der Waals surface area contributed by atoms with Gasteiger partial charge in [0, 0.05) is 25.3 Å². The fourth-order valence-electron chi connectivity index (χ4n) is 3.07. The molecular weight excluding hydrogens is 266 g/mol. The molecule has 1 aliphatic carbocycles. The molecule has 2 aromatic carbocycles. The van der Waals surface area contributed by atoms with Gasteiger partial charge in [-0.3, -0.25) is 5.73 Å². The highest BCUT2D eigenvalue weighted by atomic mass is 16.5. The first-order valence-corrected chi connectivity index (χ1v) is 6.80. The Balaban J connectivity index is 2.31. The molecule has 3 rings (SSSR count). The van der Waals surface area contributed by atoms with Gasteiger partial charge < -0.3 is 14.2 Å². The molecule has 2 aromatic rings. The van der Waals surface area contributed by atoms with Crippen molar-refractivity contribution in [2.45, 2.75) is 11.8 Å². The Morgan fingerprint density at radius 3 is 2.33 bits per heavy atom. The molecule has 0 aliphatic heterocycles. The maximum atomic E-state index is 6.57. The van der Waals surface area contributed by atoms with E-state index in [0.29, 0.717) is 0 Å². The zero-order valence-corrected chi connectivity index (χ0v) is 12.4. The highest BCUT2D eigenvalue weighted by molar-refractivity contribution is 5.55. The lowest BCUT2D eigenvalue weighted by atomic mass is 9.78. The van der Waals surface area contributed by atoms with E-state index in [9.17, 15) is 0 Å². The van der Waals surface area contributed by atoms with Crippen LogP contribution in [0.5, 0.6) is 5.75 Å². The number of nitrogens with two attached hydrogens (primary N) is 1. The second kappa shape index (κ2) is 5.15. The third kappa shape index (κ3) is 1.95. The summed E-state index contributed by atoms with van der Waals surface area (Å²) in [6.07, 6.45) is -0.182. The molecule has 2 N–H and O–H groups in total. The van der Waals surface area contributed by atoms with Crippen molar-refractivity contribution in [1.82, 2.24) is 0 Å². The topological polar surface area (TPSA) is 53.7 Å². The van der Waals surface area contributed by atoms with Crippen LogP contribution in [0.3, 0.4) is 0 Å². The summed E-state index contributed by atoms with van der Waals surface area (Å²) in [7, 11) is 4.96. The summed E-state index contributed by atoms with van der Waals surface area (Å²) in [5, 5.41) is 0. The quantitative estimate of drug-likeness (QED) is 0.881. The van der Waals surface area contributed by atoms with Crippen LogP contribution < -0.4 is 10.5 Å². The second-order valence-corrected chi connectivity index (χ2v) is 5.10. The van der Waals surface area contributed by atoms with Crippen molar-refractivity contribution in [1.29, 1.82) is 0 Å². The standard InChI is InChI=1S/C17H19NO3/c1-19-11-8-9-15-13(10-11)16(20-2)12-6-4-5-7-14(12)17(15,18)21-3/h4-10,16H,18H2,1-3H3. The van der Waals surface area contributed by atoms with Gasteiger partial charge in [0.05, 0.1) is 7.11 Å². The Hall–Kier alpha value is -1.88. The van der Waals surface area contributed by atoms with Gasteiger partial charge in [-0.2, -0.15) is 0 Å². The first-order chi connectivity index (χ1) is 10.2. The minimum Gasteiger partial charge on any atom is -0.497 e. The lowest BCUT2D eigenvalue weighted by Gasteiger charge is -2.39. The Morgan fingerprint density at radius 2 is 1.67 bits per heavy atom. The van der Waals surface area contributed by atoms with Crippen LogP contribution >= 0.6 is 0 Å². The molecule has 0 saturated carbocycles. The average Bonchev–Trinajstić information content (AvgIpc) is 2.55. The molecule has 0 heterocycles. The van der Waals surface area contributed by atoms with Crippen molar-refractivity contribution >= 4 is 0 Å². The van der Waals surface area contributed by atoms with E-state index < -0.39 is 5.72 Å². The molecule has 0 bridgehead atoms. The molecule has 2 unspecified atom stereocenters. The molecule has 4 nitrogen and oxygen atoms in total. The Morgan fingerprint density at radius 1 is 0.952 bits per heavy atom. The molecule has 0 spiro atoms. The summed E-state index contributed by atoms with van der Waals surface area (Å²) in [6.45, 7) is 0. The van der Waals surface area contributed by atoms with Crippen LogP contribution in [0.15, 0.2) is 42.5 Å². The number of ether oxygens (including phenoxy) is 3. The predicted octanol–water partition coefficient (Wildman–Crippen LogP) is 2.55. The smallest absolute Gasteiger partial charge is 0.169 e. The van der Waals surface area contributed by atoms with Crippen LogP contribution in [0.1, 0.15) is 28.4 Å². The largest absolute Gasteiger partial charge is 0.497 e. The SMILES string of the molecule is COc1ccc2c(c1)C(OC)c1ccccc1C2(N)OC. The molecular formula is C17H19NO3. The van der Waals surface area contributed by atoms with E-state index in [1.54, 1.807) is 21.3 Å². The van der Waals surface area contributed by atoms with Gasteiger partial charge in [-0.05, 0) is 23.3 Å². The van der Waals surface area contributed by atoms with Crippen LogP contribution in [0.25, 0.3) is 0 Å².